The number of aryl methyl sites for hydroxylation is 2. The van der Waals surface area contributed by atoms with Gasteiger partial charge in [-0.15, -0.1) is 0 Å². The van der Waals surface area contributed by atoms with E-state index in [1.165, 1.54) is 0 Å². The Kier molecular flexibility index (Phi) is 4.68. The van der Waals surface area contributed by atoms with Gasteiger partial charge in [0.05, 0.1) is 11.2 Å². The van der Waals surface area contributed by atoms with Crippen molar-refractivity contribution < 1.29 is 9.53 Å². The van der Waals surface area contributed by atoms with Crippen LogP contribution < -0.4 is 4.74 Å². The maximum Gasteiger partial charge on any atom is 0.166 e. The summed E-state index contributed by atoms with van der Waals surface area (Å²) in [5.74, 6) is 0.882. The molecule has 3 rings (SSSR count). The van der Waals surface area contributed by atoms with Crippen LogP contribution in [0.4, 0.5) is 0 Å². The van der Waals surface area contributed by atoms with Crippen molar-refractivity contribution in [1.29, 1.82) is 0 Å². The number of aromatic nitrogens is 1. The first-order valence-corrected chi connectivity index (χ1v) is 8.17. The Hall–Kier alpha value is -1.85. The minimum absolute atomic E-state index is 0.692. The van der Waals surface area contributed by atoms with E-state index in [4.69, 9.17) is 4.74 Å². The largest absolute Gasteiger partial charge is 0.492 e. The molecule has 2 aromatic rings. The topological polar surface area (TPSA) is 37.7 Å². The number of aldehydes is 1. The van der Waals surface area contributed by atoms with Crippen LogP contribution in [0.15, 0.2) is 18.2 Å². The van der Waals surface area contributed by atoms with Gasteiger partial charge >= 0.3 is 0 Å². The van der Waals surface area contributed by atoms with Gasteiger partial charge < -0.3 is 14.2 Å². The zero-order chi connectivity index (χ0) is 16.4. The molecule has 1 aliphatic rings. The Labute approximate surface area is 137 Å². The number of ether oxygens (including phenoxy) is 1. The molecule has 1 aromatic carbocycles. The summed E-state index contributed by atoms with van der Waals surface area (Å²) in [6.07, 6.45) is 0.896. The fourth-order valence-corrected chi connectivity index (χ4v) is 3.29. The van der Waals surface area contributed by atoms with Gasteiger partial charge in [0.1, 0.15) is 12.4 Å². The zero-order valence-electron chi connectivity index (χ0n) is 14.2. The number of hydrogen-bond acceptors (Lipinski definition) is 4. The number of rotatable bonds is 5. The van der Waals surface area contributed by atoms with Crippen molar-refractivity contribution in [3.8, 4) is 5.75 Å². The molecule has 5 heteroatoms. The first kappa shape index (κ1) is 16.0. The molecule has 1 saturated heterocycles. The van der Waals surface area contributed by atoms with Crippen molar-refractivity contribution in [2.75, 3.05) is 46.4 Å². The summed E-state index contributed by atoms with van der Waals surface area (Å²) < 4.78 is 7.89. The van der Waals surface area contributed by atoms with E-state index >= 15 is 0 Å². The third-order valence-electron chi connectivity index (χ3n) is 4.72. The van der Waals surface area contributed by atoms with Crippen LogP contribution >= 0.6 is 0 Å². The average Bonchev–Trinajstić information content (AvgIpc) is 2.86. The van der Waals surface area contributed by atoms with Crippen molar-refractivity contribution in [3.63, 3.8) is 0 Å². The van der Waals surface area contributed by atoms with Crippen molar-refractivity contribution in [1.82, 2.24) is 14.4 Å². The van der Waals surface area contributed by atoms with E-state index in [0.717, 1.165) is 61.2 Å². The Morgan fingerprint density at radius 3 is 2.57 bits per heavy atom. The number of likely N-dealkylation sites (N-methyl/N-ethyl adjacent to an activating group) is 1. The van der Waals surface area contributed by atoms with Gasteiger partial charge in [-0.2, -0.15) is 0 Å². The maximum atomic E-state index is 11.1. The van der Waals surface area contributed by atoms with Gasteiger partial charge in [0.25, 0.3) is 0 Å². The molecule has 124 valence electrons. The van der Waals surface area contributed by atoms with Gasteiger partial charge in [-0.3, -0.25) is 9.69 Å². The molecular formula is C18H25N3O2. The van der Waals surface area contributed by atoms with E-state index < -0.39 is 0 Å². The average molecular weight is 315 g/mol. The monoisotopic (exact) mass is 315 g/mol. The molecule has 1 aliphatic heterocycles. The van der Waals surface area contributed by atoms with E-state index in [-0.39, 0.29) is 0 Å². The highest BCUT2D eigenvalue weighted by molar-refractivity contribution is 5.91. The van der Waals surface area contributed by atoms with Gasteiger partial charge in [-0.1, -0.05) is 0 Å². The van der Waals surface area contributed by atoms with E-state index in [0.29, 0.717) is 12.3 Å². The van der Waals surface area contributed by atoms with Crippen LogP contribution in [0.2, 0.25) is 0 Å². The van der Waals surface area contributed by atoms with E-state index in [9.17, 15) is 4.79 Å². The molecule has 1 aromatic heterocycles. The SMILES string of the molecule is Cc1cc(OCCN2CCN(C)CC2)cc2cc(C=O)n(C)c12. The molecule has 0 radical (unpaired) electrons. The standard InChI is InChI=1S/C18H25N3O2/c1-14-10-17(12-15-11-16(13-22)20(3)18(14)15)23-9-8-21-6-4-19(2)5-7-21/h10-13H,4-9H2,1-3H3. The van der Waals surface area contributed by atoms with Crippen LogP contribution in [-0.2, 0) is 7.05 Å². The van der Waals surface area contributed by atoms with E-state index in [1.54, 1.807) is 0 Å². The Bertz CT molecular complexity index is 700. The summed E-state index contributed by atoms with van der Waals surface area (Å²) in [5, 5.41) is 1.06. The van der Waals surface area contributed by atoms with Crippen LogP contribution in [0.5, 0.6) is 5.75 Å². The second-order valence-corrected chi connectivity index (χ2v) is 6.42. The lowest BCUT2D eigenvalue weighted by molar-refractivity contribution is 0.111. The van der Waals surface area contributed by atoms with Gasteiger partial charge in [0, 0.05) is 45.2 Å². The van der Waals surface area contributed by atoms with Gasteiger partial charge in [0.2, 0.25) is 0 Å². The Morgan fingerprint density at radius 1 is 1.13 bits per heavy atom. The molecule has 5 nitrogen and oxygen atoms in total. The van der Waals surface area contributed by atoms with E-state index in [1.807, 2.05) is 23.7 Å². The van der Waals surface area contributed by atoms with Crippen molar-refractivity contribution in [3.05, 3.63) is 29.5 Å². The van der Waals surface area contributed by atoms with Crippen LogP contribution in [0, 0.1) is 6.92 Å². The van der Waals surface area contributed by atoms with Gasteiger partial charge in [-0.05, 0) is 37.7 Å². The van der Waals surface area contributed by atoms with Crippen LogP contribution in [0.25, 0.3) is 10.9 Å². The van der Waals surface area contributed by atoms with Crippen LogP contribution in [0.3, 0.4) is 0 Å². The van der Waals surface area contributed by atoms with Crippen molar-refractivity contribution >= 4 is 17.2 Å². The van der Waals surface area contributed by atoms with Gasteiger partial charge in [-0.25, -0.2) is 0 Å². The molecule has 0 saturated carbocycles. The molecule has 0 N–H and O–H groups in total. The Morgan fingerprint density at radius 2 is 1.87 bits per heavy atom. The normalized spacial score (nSPS) is 16.8. The Balaban J connectivity index is 1.65. The number of piperazine rings is 1. The molecule has 2 heterocycles. The van der Waals surface area contributed by atoms with Crippen LogP contribution in [-0.4, -0.2) is 67.0 Å². The number of benzene rings is 1. The number of carbonyl (C=O) groups is 1. The summed E-state index contributed by atoms with van der Waals surface area (Å²) in [6, 6.07) is 6.00. The molecule has 0 spiro atoms. The summed E-state index contributed by atoms with van der Waals surface area (Å²) in [5.41, 5.74) is 2.92. The fraction of sp³-hybridized carbons (Fsp3) is 0.500. The molecule has 0 bridgehead atoms. The zero-order valence-corrected chi connectivity index (χ0v) is 14.2. The molecule has 0 aliphatic carbocycles. The minimum Gasteiger partial charge on any atom is -0.492 e. The molecular weight excluding hydrogens is 290 g/mol. The summed E-state index contributed by atoms with van der Waals surface area (Å²) >= 11 is 0. The third kappa shape index (κ3) is 3.41. The molecule has 0 unspecified atom stereocenters. The second-order valence-electron chi connectivity index (χ2n) is 6.42. The summed E-state index contributed by atoms with van der Waals surface area (Å²) in [4.78, 5) is 15.9. The molecule has 0 atom stereocenters. The number of carbonyl (C=O) groups excluding carboxylic acids is 1. The smallest absolute Gasteiger partial charge is 0.166 e. The quantitative estimate of drug-likeness (QED) is 0.790. The number of hydrogen-bond donors (Lipinski definition) is 0. The van der Waals surface area contributed by atoms with Crippen LogP contribution in [0.1, 0.15) is 16.1 Å². The maximum absolute atomic E-state index is 11.1. The first-order chi connectivity index (χ1) is 11.1. The van der Waals surface area contributed by atoms with Crippen molar-refractivity contribution in [2.45, 2.75) is 6.92 Å². The molecule has 23 heavy (non-hydrogen) atoms. The lowest BCUT2D eigenvalue weighted by atomic mass is 10.1. The highest BCUT2D eigenvalue weighted by Crippen LogP contribution is 2.27. The molecule has 0 amide bonds. The third-order valence-corrected chi connectivity index (χ3v) is 4.72. The van der Waals surface area contributed by atoms with Crippen molar-refractivity contribution in [2.24, 2.45) is 7.05 Å². The summed E-state index contributed by atoms with van der Waals surface area (Å²) in [7, 11) is 4.09. The lowest BCUT2D eigenvalue weighted by Gasteiger charge is -2.32. The number of nitrogens with zero attached hydrogens (tertiary/aromatic N) is 3. The first-order valence-electron chi connectivity index (χ1n) is 8.17. The molecule has 1 fully saturated rings. The predicted octanol–water partition coefficient (Wildman–Crippen LogP) is 1.93. The van der Waals surface area contributed by atoms with E-state index in [2.05, 4.69) is 29.8 Å². The minimum atomic E-state index is 0.692. The highest BCUT2D eigenvalue weighted by atomic mass is 16.5. The predicted molar refractivity (Wildman–Crippen MR) is 92.5 cm³/mol. The highest BCUT2D eigenvalue weighted by Gasteiger charge is 2.14. The number of fused-ring (bicyclic) bond motifs is 1. The fourth-order valence-electron chi connectivity index (χ4n) is 3.29. The second kappa shape index (κ2) is 6.72. The summed E-state index contributed by atoms with van der Waals surface area (Å²) in [6.45, 7) is 8.19. The van der Waals surface area contributed by atoms with Gasteiger partial charge in [0.15, 0.2) is 6.29 Å². The lowest BCUT2D eigenvalue weighted by Crippen LogP contribution is -2.45.